The lowest BCUT2D eigenvalue weighted by atomic mass is 10.2. The van der Waals surface area contributed by atoms with E-state index < -0.39 is 11.6 Å². The van der Waals surface area contributed by atoms with Gasteiger partial charge in [0.25, 0.3) is 0 Å². The Morgan fingerprint density at radius 3 is 3.00 bits per heavy atom. The van der Waals surface area contributed by atoms with Crippen molar-refractivity contribution in [2.75, 3.05) is 0 Å². The van der Waals surface area contributed by atoms with Gasteiger partial charge in [-0.25, -0.2) is 4.39 Å². The van der Waals surface area contributed by atoms with Gasteiger partial charge in [0.05, 0.1) is 6.07 Å². The zero-order valence-electron chi connectivity index (χ0n) is 8.72. The van der Waals surface area contributed by atoms with E-state index in [1.165, 1.54) is 12.1 Å². The van der Waals surface area contributed by atoms with Gasteiger partial charge in [-0.15, -0.1) is 0 Å². The summed E-state index contributed by atoms with van der Waals surface area (Å²) in [5.41, 5.74) is 0.409. The van der Waals surface area contributed by atoms with E-state index in [4.69, 9.17) is 14.9 Å². The molecule has 0 aliphatic rings. The summed E-state index contributed by atoms with van der Waals surface area (Å²) in [5, 5.41) is 21.1. The lowest BCUT2D eigenvalue weighted by Crippen LogP contribution is -1.85. The van der Waals surface area contributed by atoms with Crippen LogP contribution in [0.25, 0.3) is 11.4 Å². The molecule has 0 aliphatic carbocycles. The van der Waals surface area contributed by atoms with Gasteiger partial charge < -0.3 is 9.63 Å². The summed E-state index contributed by atoms with van der Waals surface area (Å²) < 4.78 is 18.0. The molecule has 0 bridgehead atoms. The standard InChI is InChI=1S/C11H8FN3O2/c12-8-6-7(3-4-9(8)16)11-14-10(17-15-11)2-1-5-13/h3-4,6,16H,1-2H2. The van der Waals surface area contributed by atoms with Crippen LogP contribution in [0.15, 0.2) is 22.7 Å². The molecule has 1 aromatic heterocycles. The number of aromatic hydroxyl groups is 1. The van der Waals surface area contributed by atoms with E-state index in [1.54, 1.807) is 0 Å². The van der Waals surface area contributed by atoms with Gasteiger partial charge in [-0.1, -0.05) is 5.16 Å². The maximum Gasteiger partial charge on any atom is 0.227 e. The monoisotopic (exact) mass is 233 g/mol. The van der Waals surface area contributed by atoms with Crippen molar-refractivity contribution in [1.82, 2.24) is 10.1 Å². The Morgan fingerprint density at radius 1 is 1.47 bits per heavy atom. The molecule has 0 atom stereocenters. The van der Waals surface area contributed by atoms with Crippen LogP contribution in [0.5, 0.6) is 5.75 Å². The molecule has 0 fully saturated rings. The molecular weight excluding hydrogens is 225 g/mol. The summed E-state index contributed by atoms with van der Waals surface area (Å²) in [6, 6.07) is 5.78. The Hall–Kier alpha value is -2.42. The summed E-state index contributed by atoms with van der Waals surface area (Å²) >= 11 is 0. The second kappa shape index (κ2) is 4.61. The average Bonchev–Trinajstić information content (AvgIpc) is 2.79. The smallest absolute Gasteiger partial charge is 0.227 e. The number of nitrogens with zero attached hydrogens (tertiary/aromatic N) is 3. The molecule has 1 aromatic carbocycles. The largest absolute Gasteiger partial charge is 0.505 e. The lowest BCUT2D eigenvalue weighted by Gasteiger charge is -1.96. The van der Waals surface area contributed by atoms with Crippen LogP contribution >= 0.6 is 0 Å². The van der Waals surface area contributed by atoms with Gasteiger partial charge in [0, 0.05) is 18.4 Å². The highest BCUT2D eigenvalue weighted by Gasteiger charge is 2.10. The quantitative estimate of drug-likeness (QED) is 0.876. The SMILES string of the molecule is N#CCCc1nc(-c2ccc(O)c(F)c2)no1. The Kier molecular flexibility index (Phi) is 3.01. The van der Waals surface area contributed by atoms with Gasteiger partial charge in [-0.2, -0.15) is 10.2 Å². The van der Waals surface area contributed by atoms with Crippen LogP contribution in [-0.4, -0.2) is 15.2 Å². The van der Waals surface area contributed by atoms with Crippen molar-refractivity contribution in [2.45, 2.75) is 12.8 Å². The summed E-state index contributed by atoms with van der Waals surface area (Å²) in [7, 11) is 0. The van der Waals surface area contributed by atoms with Crippen LogP contribution in [-0.2, 0) is 6.42 Å². The maximum atomic E-state index is 13.1. The van der Waals surface area contributed by atoms with Gasteiger partial charge in [0.15, 0.2) is 11.6 Å². The minimum atomic E-state index is -0.745. The first-order valence-corrected chi connectivity index (χ1v) is 4.89. The molecule has 0 saturated heterocycles. The van der Waals surface area contributed by atoms with Crippen molar-refractivity contribution >= 4 is 0 Å². The first kappa shape index (κ1) is 11.1. The van der Waals surface area contributed by atoms with Crippen LogP contribution in [0.2, 0.25) is 0 Å². The number of hydrogen-bond donors (Lipinski definition) is 1. The van der Waals surface area contributed by atoms with Gasteiger partial charge in [-0.3, -0.25) is 0 Å². The molecule has 0 spiro atoms. The van der Waals surface area contributed by atoms with Crippen LogP contribution in [0.1, 0.15) is 12.3 Å². The van der Waals surface area contributed by atoms with Crippen molar-refractivity contribution < 1.29 is 14.0 Å². The van der Waals surface area contributed by atoms with E-state index in [0.29, 0.717) is 17.9 Å². The fourth-order valence-corrected chi connectivity index (χ4v) is 1.28. The van der Waals surface area contributed by atoms with E-state index in [1.807, 2.05) is 6.07 Å². The van der Waals surface area contributed by atoms with Gasteiger partial charge in [0.2, 0.25) is 11.7 Å². The third-order valence-corrected chi connectivity index (χ3v) is 2.12. The van der Waals surface area contributed by atoms with Gasteiger partial charge in [0.1, 0.15) is 0 Å². The molecule has 0 radical (unpaired) electrons. The minimum Gasteiger partial charge on any atom is -0.505 e. The Labute approximate surface area is 96.1 Å². The lowest BCUT2D eigenvalue weighted by molar-refractivity contribution is 0.380. The third-order valence-electron chi connectivity index (χ3n) is 2.12. The third kappa shape index (κ3) is 2.39. The van der Waals surface area contributed by atoms with Crippen molar-refractivity contribution in [3.63, 3.8) is 0 Å². The summed E-state index contributed by atoms with van der Waals surface area (Å²) in [4.78, 5) is 4.01. The number of rotatable bonds is 3. The van der Waals surface area contributed by atoms with Crippen LogP contribution in [0.3, 0.4) is 0 Å². The molecule has 0 amide bonds. The Balaban J connectivity index is 2.25. The topological polar surface area (TPSA) is 82.9 Å². The van der Waals surface area contributed by atoms with Gasteiger partial charge in [-0.05, 0) is 18.2 Å². The van der Waals surface area contributed by atoms with E-state index in [9.17, 15) is 4.39 Å². The molecule has 1 N–H and O–H groups in total. The number of phenols is 1. The number of halogens is 1. The fraction of sp³-hybridized carbons (Fsp3) is 0.182. The number of aryl methyl sites for hydroxylation is 1. The van der Waals surface area contributed by atoms with E-state index >= 15 is 0 Å². The van der Waals surface area contributed by atoms with Crippen molar-refractivity contribution in [2.24, 2.45) is 0 Å². The normalized spacial score (nSPS) is 10.1. The zero-order chi connectivity index (χ0) is 12.3. The zero-order valence-corrected chi connectivity index (χ0v) is 8.72. The van der Waals surface area contributed by atoms with Crippen LogP contribution in [0, 0.1) is 17.1 Å². The molecular formula is C11H8FN3O2. The Bertz CT molecular complexity index is 574. The second-order valence-electron chi connectivity index (χ2n) is 3.34. The molecule has 0 saturated carbocycles. The first-order chi connectivity index (χ1) is 8.20. The predicted molar refractivity (Wildman–Crippen MR) is 55.3 cm³/mol. The van der Waals surface area contributed by atoms with E-state index in [0.717, 1.165) is 6.07 Å². The molecule has 1 heterocycles. The summed E-state index contributed by atoms with van der Waals surface area (Å²) in [6.45, 7) is 0. The molecule has 2 rings (SSSR count). The number of nitriles is 1. The van der Waals surface area contributed by atoms with Crippen LogP contribution < -0.4 is 0 Å². The molecule has 2 aromatic rings. The number of aromatic nitrogens is 2. The second-order valence-corrected chi connectivity index (χ2v) is 3.34. The number of phenolic OH excluding ortho intramolecular Hbond substituents is 1. The number of hydrogen-bond acceptors (Lipinski definition) is 5. The molecule has 0 aliphatic heterocycles. The molecule has 6 heteroatoms. The highest BCUT2D eigenvalue weighted by Crippen LogP contribution is 2.22. The Morgan fingerprint density at radius 2 is 2.29 bits per heavy atom. The summed E-state index contributed by atoms with van der Waals surface area (Å²) in [6.07, 6.45) is 0.648. The minimum absolute atomic E-state index is 0.233. The number of benzene rings is 1. The first-order valence-electron chi connectivity index (χ1n) is 4.89. The van der Waals surface area contributed by atoms with Crippen LogP contribution in [0.4, 0.5) is 4.39 Å². The molecule has 86 valence electrons. The summed E-state index contributed by atoms with van der Waals surface area (Å²) in [5.74, 6) is -0.611. The van der Waals surface area contributed by atoms with E-state index in [2.05, 4.69) is 10.1 Å². The highest BCUT2D eigenvalue weighted by atomic mass is 19.1. The van der Waals surface area contributed by atoms with Crippen molar-refractivity contribution in [3.05, 3.63) is 29.9 Å². The highest BCUT2D eigenvalue weighted by molar-refractivity contribution is 5.55. The van der Waals surface area contributed by atoms with E-state index in [-0.39, 0.29) is 12.2 Å². The fourth-order valence-electron chi connectivity index (χ4n) is 1.28. The predicted octanol–water partition coefficient (Wildman–Crippen LogP) is 2.04. The molecule has 5 nitrogen and oxygen atoms in total. The molecule has 0 unspecified atom stereocenters. The van der Waals surface area contributed by atoms with Gasteiger partial charge >= 0.3 is 0 Å². The average molecular weight is 233 g/mol. The van der Waals surface area contributed by atoms with Crippen molar-refractivity contribution in [3.8, 4) is 23.2 Å². The maximum absolute atomic E-state index is 13.1. The molecule has 17 heavy (non-hydrogen) atoms. The van der Waals surface area contributed by atoms with Crippen molar-refractivity contribution in [1.29, 1.82) is 5.26 Å².